The number of aromatic amines is 1. The predicted octanol–water partition coefficient (Wildman–Crippen LogP) is 5.38. The molecular formula is C25H21ClN4O2. The number of hydrogen-bond acceptors (Lipinski definition) is 4. The standard InChI is InChI=1S/C25H21ClN4O2/c1-17-2-4-19(5-3-17)16-32-22-12-8-20(9-13-22)23-14-24(29-28-23)25(31)30-27-15-18-6-10-21(26)11-7-18/h2-15H,16H2,1H3,(H,28,29)(H,30,31)/b27-15+. The van der Waals surface area contributed by atoms with Crippen molar-refractivity contribution in [1.29, 1.82) is 0 Å². The van der Waals surface area contributed by atoms with Crippen LogP contribution in [0.5, 0.6) is 5.75 Å². The number of hydrazone groups is 1. The van der Waals surface area contributed by atoms with Gasteiger partial charge in [0.15, 0.2) is 0 Å². The molecule has 0 unspecified atom stereocenters. The summed E-state index contributed by atoms with van der Waals surface area (Å²) in [5.74, 6) is 0.381. The summed E-state index contributed by atoms with van der Waals surface area (Å²) in [6.45, 7) is 2.56. The predicted molar refractivity (Wildman–Crippen MR) is 126 cm³/mol. The Morgan fingerprint density at radius 3 is 2.50 bits per heavy atom. The van der Waals surface area contributed by atoms with Crippen LogP contribution < -0.4 is 10.2 Å². The van der Waals surface area contributed by atoms with Crippen molar-refractivity contribution in [3.05, 3.63) is 106 Å². The maximum Gasteiger partial charge on any atom is 0.289 e. The maximum absolute atomic E-state index is 12.3. The molecule has 0 saturated heterocycles. The number of halogens is 1. The Balaban J connectivity index is 1.33. The number of rotatable bonds is 7. The van der Waals surface area contributed by atoms with Crippen LogP contribution in [0.3, 0.4) is 0 Å². The molecule has 0 spiro atoms. The van der Waals surface area contributed by atoms with E-state index in [1.54, 1.807) is 36.5 Å². The van der Waals surface area contributed by atoms with Crippen molar-refractivity contribution in [2.24, 2.45) is 5.10 Å². The van der Waals surface area contributed by atoms with Gasteiger partial charge in [-0.15, -0.1) is 0 Å². The smallest absolute Gasteiger partial charge is 0.289 e. The van der Waals surface area contributed by atoms with Crippen LogP contribution in [0.15, 0.2) is 84.0 Å². The van der Waals surface area contributed by atoms with Crippen molar-refractivity contribution in [1.82, 2.24) is 15.6 Å². The monoisotopic (exact) mass is 444 g/mol. The fraction of sp³-hybridized carbons (Fsp3) is 0.0800. The average molecular weight is 445 g/mol. The van der Waals surface area contributed by atoms with Crippen molar-refractivity contribution >= 4 is 23.7 Å². The normalized spacial score (nSPS) is 10.9. The minimum atomic E-state index is -0.382. The molecule has 6 nitrogen and oxygen atoms in total. The van der Waals surface area contributed by atoms with Gasteiger partial charge in [0.1, 0.15) is 18.1 Å². The first-order valence-electron chi connectivity index (χ1n) is 10.00. The second-order valence-corrected chi connectivity index (χ2v) is 7.65. The van der Waals surface area contributed by atoms with Crippen LogP contribution >= 0.6 is 11.6 Å². The molecule has 2 N–H and O–H groups in total. The Morgan fingerprint density at radius 1 is 1.06 bits per heavy atom. The van der Waals surface area contributed by atoms with Gasteiger partial charge in [0.25, 0.3) is 5.91 Å². The zero-order valence-corrected chi connectivity index (χ0v) is 18.1. The molecule has 0 aliphatic heterocycles. The van der Waals surface area contributed by atoms with E-state index < -0.39 is 0 Å². The Morgan fingerprint density at radius 2 is 1.78 bits per heavy atom. The molecule has 0 aliphatic rings. The summed E-state index contributed by atoms with van der Waals surface area (Å²) in [5.41, 5.74) is 7.47. The fourth-order valence-corrected chi connectivity index (χ4v) is 3.06. The molecular weight excluding hydrogens is 424 g/mol. The van der Waals surface area contributed by atoms with Gasteiger partial charge in [-0.3, -0.25) is 9.89 Å². The van der Waals surface area contributed by atoms with Crippen LogP contribution in [0.1, 0.15) is 27.2 Å². The van der Waals surface area contributed by atoms with E-state index in [2.05, 4.69) is 51.9 Å². The van der Waals surface area contributed by atoms with Crippen molar-refractivity contribution in [2.75, 3.05) is 0 Å². The first kappa shape index (κ1) is 21.3. The van der Waals surface area contributed by atoms with Crippen LogP contribution in [-0.4, -0.2) is 22.3 Å². The maximum atomic E-state index is 12.3. The van der Waals surface area contributed by atoms with Gasteiger partial charge in [-0.25, -0.2) is 5.43 Å². The van der Waals surface area contributed by atoms with E-state index in [1.807, 2.05) is 24.3 Å². The molecule has 0 fully saturated rings. The minimum absolute atomic E-state index is 0.313. The first-order chi connectivity index (χ1) is 15.6. The molecule has 0 saturated carbocycles. The number of carbonyl (C=O) groups excluding carboxylic acids is 1. The lowest BCUT2D eigenvalue weighted by Crippen LogP contribution is -2.17. The quantitative estimate of drug-likeness (QED) is 0.296. The summed E-state index contributed by atoms with van der Waals surface area (Å²) in [6, 6.07) is 24.6. The van der Waals surface area contributed by atoms with E-state index in [1.165, 1.54) is 5.56 Å². The molecule has 1 heterocycles. The largest absolute Gasteiger partial charge is 0.489 e. The number of ether oxygens (including phenoxy) is 1. The number of carbonyl (C=O) groups is 1. The van der Waals surface area contributed by atoms with Gasteiger partial charge in [-0.1, -0.05) is 53.6 Å². The summed E-state index contributed by atoms with van der Waals surface area (Å²) in [6.07, 6.45) is 1.54. The Hall–Kier alpha value is -3.90. The van der Waals surface area contributed by atoms with Crippen molar-refractivity contribution in [3.63, 3.8) is 0 Å². The minimum Gasteiger partial charge on any atom is -0.489 e. The van der Waals surface area contributed by atoms with Gasteiger partial charge in [0.05, 0.1) is 11.9 Å². The van der Waals surface area contributed by atoms with Gasteiger partial charge in [0.2, 0.25) is 0 Å². The molecule has 0 atom stereocenters. The van der Waals surface area contributed by atoms with Crippen LogP contribution in [0.4, 0.5) is 0 Å². The third-order valence-corrected chi connectivity index (χ3v) is 5.00. The van der Waals surface area contributed by atoms with Crippen LogP contribution in [-0.2, 0) is 6.61 Å². The SMILES string of the molecule is Cc1ccc(COc2ccc(-c3cc(C(=O)N/N=C/c4ccc(Cl)cc4)[nH]n3)cc2)cc1. The molecule has 1 amide bonds. The molecule has 4 rings (SSSR count). The van der Waals surface area contributed by atoms with Crippen LogP contribution in [0.2, 0.25) is 5.02 Å². The van der Waals surface area contributed by atoms with E-state index in [9.17, 15) is 4.79 Å². The molecule has 1 aromatic heterocycles. The lowest BCUT2D eigenvalue weighted by Gasteiger charge is -2.07. The van der Waals surface area contributed by atoms with Gasteiger partial charge < -0.3 is 4.74 Å². The molecule has 4 aromatic rings. The molecule has 32 heavy (non-hydrogen) atoms. The number of H-pyrrole nitrogens is 1. The Kier molecular flexibility index (Phi) is 6.63. The highest BCUT2D eigenvalue weighted by molar-refractivity contribution is 6.30. The molecule has 7 heteroatoms. The van der Waals surface area contributed by atoms with E-state index in [-0.39, 0.29) is 5.91 Å². The molecule has 0 radical (unpaired) electrons. The third kappa shape index (κ3) is 5.62. The van der Waals surface area contributed by atoms with E-state index in [0.29, 0.717) is 23.0 Å². The lowest BCUT2D eigenvalue weighted by molar-refractivity contribution is 0.0950. The summed E-state index contributed by atoms with van der Waals surface area (Å²) >= 11 is 5.85. The summed E-state index contributed by atoms with van der Waals surface area (Å²) in [4.78, 5) is 12.3. The molecule has 160 valence electrons. The van der Waals surface area contributed by atoms with Gasteiger partial charge in [0, 0.05) is 10.6 Å². The molecule has 0 bridgehead atoms. The fourth-order valence-electron chi connectivity index (χ4n) is 2.93. The highest BCUT2D eigenvalue weighted by atomic mass is 35.5. The van der Waals surface area contributed by atoms with Gasteiger partial charge in [-0.2, -0.15) is 10.2 Å². The lowest BCUT2D eigenvalue weighted by atomic mass is 10.1. The zero-order chi connectivity index (χ0) is 22.3. The van der Waals surface area contributed by atoms with Crippen molar-refractivity contribution in [3.8, 4) is 17.0 Å². The first-order valence-corrected chi connectivity index (χ1v) is 10.4. The number of hydrogen-bond donors (Lipinski definition) is 2. The van der Waals surface area contributed by atoms with Crippen molar-refractivity contribution in [2.45, 2.75) is 13.5 Å². The molecule has 3 aromatic carbocycles. The zero-order valence-electron chi connectivity index (χ0n) is 17.4. The number of aryl methyl sites for hydroxylation is 1. The molecule has 0 aliphatic carbocycles. The number of amides is 1. The van der Waals surface area contributed by atoms with E-state index in [0.717, 1.165) is 22.4 Å². The number of benzene rings is 3. The summed E-state index contributed by atoms with van der Waals surface area (Å²) in [5, 5.41) is 11.6. The topological polar surface area (TPSA) is 79.4 Å². The Labute approximate surface area is 190 Å². The van der Waals surface area contributed by atoms with E-state index >= 15 is 0 Å². The highest BCUT2D eigenvalue weighted by Crippen LogP contribution is 2.22. The third-order valence-electron chi connectivity index (χ3n) is 4.75. The second-order valence-electron chi connectivity index (χ2n) is 7.22. The number of aromatic nitrogens is 2. The van der Waals surface area contributed by atoms with E-state index in [4.69, 9.17) is 16.3 Å². The number of nitrogens with zero attached hydrogens (tertiary/aromatic N) is 2. The number of nitrogens with one attached hydrogen (secondary N) is 2. The van der Waals surface area contributed by atoms with Gasteiger partial charge in [-0.05, 0) is 60.5 Å². The van der Waals surface area contributed by atoms with Crippen molar-refractivity contribution < 1.29 is 9.53 Å². The Bertz CT molecular complexity index is 1210. The summed E-state index contributed by atoms with van der Waals surface area (Å²) < 4.78 is 5.84. The highest BCUT2D eigenvalue weighted by Gasteiger charge is 2.10. The average Bonchev–Trinajstić information content (AvgIpc) is 3.31. The van der Waals surface area contributed by atoms with Gasteiger partial charge >= 0.3 is 0 Å². The van der Waals surface area contributed by atoms with Crippen LogP contribution in [0.25, 0.3) is 11.3 Å². The summed E-state index contributed by atoms with van der Waals surface area (Å²) in [7, 11) is 0. The second kappa shape index (κ2) is 9.94. The van der Waals surface area contributed by atoms with Crippen LogP contribution in [0, 0.1) is 6.92 Å².